The second-order valence-electron chi connectivity index (χ2n) is 3.97. The zero-order valence-electron chi connectivity index (χ0n) is 11.9. The number of aromatic nitrogens is 1. The minimum absolute atomic E-state index is 0. The maximum absolute atomic E-state index is 11.6. The number of carbonyl (C=O) groups is 1. The average molecular weight is 383 g/mol. The van der Waals surface area contributed by atoms with Crippen LogP contribution in [0.1, 0.15) is 5.56 Å². The summed E-state index contributed by atoms with van der Waals surface area (Å²) in [4.78, 5) is 25.6. The normalized spacial score (nSPS) is 8.52. The van der Waals surface area contributed by atoms with Crippen molar-refractivity contribution in [2.75, 3.05) is 5.32 Å². The first-order chi connectivity index (χ1) is 9.65. The molecule has 1 aromatic carbocycles. The molecule has 0 aliphatic rings. The molecule has 2 amide bonds. The Labute approximate surface area is 175 Å². The van der Waals surface area contributed by atoms with Crippen LogP contribution in [-0.2, 0) is 6.54 Å². The Balaban J connectivity index is 0. The van der Waals surface area contributed by atoms with Crippen LogP contribution in [-0.4, -0.2) is 53.7 Å². The summed E-state index contributed by atoms with van der Waals surface area (Å²) in [6.45, 7) is 0.354. The van der Waals surface area contributed by atoms with Crippen molar-refractivity contribution in [3.63, 3.8) is 0 Å². The standard InChI is InChI=1S/C13H12N4O3.Ca.2ClH/c18-13(15-9-10-2-1-7-14-8-10)16-11-3-5-12(6-4-11)17(19)20;;;/h1-8H,9H2,(H2,15,16,18);;2*1H/q;+2;;/p-2. The number of anilines is 1. The van der Waals surface area contributed by atoms with Gasteiger partial charge in [0.25, 0.3) is 5.69 Å². The van der Waals surface area contributed by atoms with Gasteiger partial charge in [-0.25, -0.2) is 4.79 Å². The van der Waals surface area contributed by atoms with Crippen LogP contribution in [0.3, 0.4) is 0 Å². The summed E-state index contributed by atoms with van der Waals surface area (Å²) in [5, 5.41) is 15.7. The molecule has 0 saturated carbocycles. The van der Waals surface area contributed by atoms with E-state index >= 15 is 0 Å². The number of hydrogen-bond acceptors (Lipinski definition) is 4. The van der Waals surface area contributed by atoms with E-state index in [4.69, 9.17) is 0 Å². The monoisotopic (exact) mass is 382 g/mol. The fourth-order valence-corrected chi connectivity index (χ4v) is 1.53. The number of nitrogens with zero attached hydrogens (tertiary/aromatic N) is 2. The molecule has 0 saturated heterocycles. The number of pyridine rings is 1. The summed E-state index contributed by atoms with van der Waals surface area (Å²) >= 11 is 0. The van der Waals surface area contributed by atoms with Crippen molar-refractivity contribution in [2.24, 2.45) is 0 Å². The maximum Gasteiger partial charge on any atom is 2.00 e. The minimum Gasteiger partial charge on any atom is -1.00 e. The van der Waals surface area contributed by atoms with E-state index in [1.807, 2.05) is 6.07 Å². The van der Waals surface area contributed by atoms with E-state index in [-0.39, 0.29) is 74.3 Å². The van der Waals surface area contributed by atoms with Crippen molar-refractivity contribution in [3.8, 4) is 0 Å². The molecule has 2 N–H and O–H groups in total. The minimum atomic E-state index is -0.494. The summed E-state index contributed by atoms with van der Waals surface area (Å²) in [6, 6.07) is 8.85. The number of halogens is 2. The van der Waals surface area contributed by atoms with Gasteiger partial charge in [0.05, 0.1) is 4.92 Å². The van der Waals surface area contributed by atoms with E-state index in [1.165, 1.54) is 24.3 Å². The molecule has 7 nitrogen and oxygen atoms in total. The molecule has 10 heteroatoms. The van der Waals surface area contributed by atoms with Crippen molar-refractivity contribution < 1.29 is 34.5 Å². The molecule has 0 aliphatic carbocycles. The van der Waals surface area contributed by atoms with Crippen molar-refractivity contribution in [3.05, 3.63) is 64.5 Å². The Bertz CT molecular complexity index is 614. The molecule has 1 aromatic heterocycles. The van der Waals surface area contributed by atoms with Crippen molar-refractivity contribution in [2.45, 2.75) is 6.54 Å². The quantitative estimate of drug-likeness (QED) is 0.319. The van der Waals surface area contributed by atoms with Crippen LogP contribution in [0.5, 0.6) is 0 Å². The fourth-order valence-electron chi connectivity index (χ4n) is 1.53. The summed E-state index contributed by atoms with van der Waals surface area (Å²) < 4.78 is 0. The second kappa shape index (κ2) is 12.3. The molecule has 0 bridgehead atoms. The van der Waals surface area contributed by atoms with Gasteiger partial charge < -0.3 is 35.4 Å². The largest absolute Gasteiger partial charge is 2.00 e. The molecule has 2 rings (SSSR count). The van der Waals surface area contributed by atoms with Crippen LogP contribution in [0, 0.1) is 10.1 Å². The first-order valence-corrected chi connectivity index (χ1v) is 5.83. The van der Waals surface area contributed by atoms with Crippen LogP contribution < -0.4 is 35.4 Å². The number of benzene rings is 1. The van der Waals surface area contributed by atoms with Crippen molar-refractivity contribution in [1.82, 2.24) is 10.3 Å². The molecule has 0 unspecified atom stereocenters. The van der Waals surface area contributed by atoms with Gasteiger partial charge >= 0.3 is 43.8 Å². The molecule has 23 heavy (non-hydrogen) atoms. The Morgan fingerprint density at radius 2 is 1.83 bits per heavy atom. The van der Waals surface area contributed by atoms with Gasteiger partial charge in [-0.1, -0.05) is 6.07 Å². The van der Waals surface area contributed by atoms with Crippen LogP contribution in [0.2, 0.25) is 0 Å². The van der Waals surface area contributed by atoms with Gasteiger partial charge in [-0.05, 0) is 23.8 Å². The molecule has 1 heterocycles. The zero-order chi connectivity index (χ0) is 14.4. The number of nitro groups is 1. The summed E-state index contributed by atoms with van der Waals surface area (Å²) in [5.41, 5.74) is 1.34. The first-order valence-electron chi connectivity index (χ1n) is 5.83. The van der Waals surface area contributed by atoms with Crippen LogP contribution in [0.15, 0.2) is 48.8 Å². The van der Waals surface area contributed by atoms with Gasteiger partial charge in [-0.15, -0.1) is 0 Å². The number of non-ortho nitro benzene ring substituents is 1. The van der Waals surface area contributed by atoms with Gasteiger partial charge in [0.15, 0.2) is 0 Å². The molecule has 0 atom stereocenters. The SMILES string of the molecule is O=C(NCc1cccnc1)Nc1ccc([N+](=O)[O-])cc1.[Ca+2].[Cl-].[Cl-]. The van der Waals surface area contributed by atoms with Crippen LogP contribution in [0.25, 0.3) is 0 Å². The third-order valence-electron chi connectivity index (χ3n) is 2.51. The third-order valence-corrected chi connectivity index (χ3v) is 2.51. The summed E-state index contributed by atoms with van der Waals surface area (Å²) in [6.07, 6.45) is 3.31. The fraction of sp³-hybridized carbons (Fsp3) is 0.0769. The number of nitrogens with one attached hydrogen (secondary N) is 2. The van der Waals surface area contributed by atoms with Gasteiger partial charge in [0.2, 0.25) is 0 Å². The topological polar surface area (TPSA) is 97.2 Å². The Hall–Kier alpha value is -1.12. The van der Waals surface area contributed by atoms with E-state index in [0.29, 0.717) is 12.2 Å². The smallest absolute Gasteiger partial charge is 1.00 e. The van der Waals surface area contributed by atoms with Gasteiger partial charge in [0.1, 0.15) is 0 Å². The number of carbonyl (C=O) groups excluding carboxylic acids is 1. The van der Waals surface area contributed by atoms with Crippen LogP contribution >= 0.6 is 0 Å². The first kappa shape index (κ1) is 24.1. The van der Waals surface area contributed by atoms with Gasteiger partial charge in [-0.3, -0.25) is 15.1 Å². The Kier molecular flexibility index (Phi) is 12.9. The van der Waals surface area contributed by atoms with E-state index < -0.39 is 4.92 Å². The van der Waals surface area contributed by atoms with E-state index in [9.17, 15) is 14.9 Å². The molecule has 0 spiro atoms. The summed E-state index contributed by atoms with van der Waals surface area (Å²) in [5.74, 6) is 0. The molecular formula is C13H12CaCl2N4O3. The number of nitro benzene ring substituents is 1. The molecule has 0 aliphatic heterocycles. The predicted octanol–water partition coefficient (Wildman–Crippen LogP) is -4.06. The third kappa shape index (κ3) is 8.34. The van der Waals surface area contributed by atoms with Crippen LogP contribution in [0.4, 0.5) is 16.2 Å². The molecule has 2 aromatic rings. The Morgan fingerprint density at radius 1 is 1.17 bits per heavy atom. The second-order valence-corrected chi connectivity index (χ2v) is 3.97. The zero-order valence-corrected chi connectivity index (χ0v) is 15.6. The average Bonchev–Trinajstić information content (AvgIpc) is 2.47. The number of hydrogen-bond donors (Lipinski definition) is 2. The van der Waals surface area contributed by atoms with Gasteiger partial charge in [-0.2, -0.15) is 0 Å². The summed E-state index contributed by atoms with van der Waals surface area (Å²) in [7, 11) is 0. The number of urea groups is 1. The Morgan fingerprint density at radius 3 is 2.35 bits per heavy atom. The van der Waals surface area contributed by atoms with Crippen molar-refractivity contribution >= 4 is 55.1 Å². The molecular weight excluding hydrogens is 371 g/mol. The van der Waals surface area contributed by atoms with Crippen molar-refractivity contribution in [1.29, 1.82) is 0 Å². The number of rotatable bonds is 4. The van der Waals surface area contributed by atoms with E-state index in [2.05, 4.69) is 15.6 Å². The maximum atomic E-state index is 11.6. The van der Waals surface area contributed by atoms with Gasteiger partial charge in [0, 0.05) is 36.8 Å². The molecule has 0 radical (unpaired) electrons. The molecule has 118 valence electrons. The molecule has 0 fully saturated rings. The van der Waals surface area contributed by atoms with E-state index in [0.717, 1.165) is 5.56 Å². The predicted molar refractivity (Wildman–Crippen MR) is 78.9 cm³/mol. The number of amides is 2. The van der Waals surface area contributed by atoms with E-state index in [1.54, 1.807) is 18.5 Å².